The number of rotatable bonds is 4. The fourth-order valence-corrected chi connectivity index (χ4v) is 4.20. The van der Waals surface area contributed by atoms with Crippen molar-refractivity contribution in [1.82, 2.24) is 24.4 Å². The van der Waals surface area contributed by atoms with Crippen molar-refractivity contribution in [1.29, 1.82) is 0 Å². The number of halogens is 5. The van der Waals surface area contributed by atoms with Crippen LogP contribution in [0.25, 0.3) is 5.65 Å². The third kappa shape index (κ3) is 4.47. The minimum Gasteiger partial charge on any atom is -0.317 e. The van der Waals surface area contributed by atoms with Gasteiger partial charge >= 0.3 is 6.18 Å². The molecule has 0 aliphatic carbocycles. The SMILES string of the molecule is Cc1cc(C(F)(F)F)n2nc(C(=O)Nc3c(C)nn(Cc4cccc(Cl)c4)c3C)c(Br)c2n1. The van der Waals surface area contributed by atoms with Crippen LogP contribution in [0.4, 0.5) is 18.9 Å². The molecule has 0 fully saturated rings. The number of aromatic nitrogens is 5. The fraction of sp³-hybridized carbons (Fsp3) is 0.238. The number of nitrogens with zero attached hydrogens (tertiary/aromatic N) is 5. The number of hydrogen-bond donors (Lipinski definition) is 1. The quantitative estimate of drug-likeness (QED) is 0.366. The molecule has 0 unspecified atom stereocenters. The monoisotopic (exact) mass is 540 g/mol. The van der Waals surface area contributed by atoms with Crippen molar-refractivity contribution in [2.45, 2.75) is 33.5 Å². The van der Waals surface area contributed by atoms with Gasteiger partial charge < -0.3 is 5.32 Å². The molecule has 7 nitrogen and oxygen atoms in total. The van der Waals surface area contributed by atoms with Crippen LogP contribution in [0.1, 0.15) is 38.8 Å². The van der Waals surface area contributed by atoms with Crippen molar-refractivity contribution in [3.63, 3.8) is 0 Å². The summed E-state index contributed by atoms with van der Waals surface area (Å²) in [6, 6.07) is 8.20. The maximum atomic E-state index is 13.5. The highest BCUT2D eigenvalue weighted by Crippen LogP contribution is 2.33. The van der Waals surface area contributed by atoms with Crippen LogP contribution in [-0.2, 0) is 12.7 Å². The number of anilines is 1. The number of alkyl halides is 3. The van der Waals surface area contributed by atoms with Crippen molar-refractivity contribution < 1.29 is 18.0 Å². The van der Waals surface area contributed by atoms with Crippen LogP contribution in [0.3, 0.4) is 0 Å². The van der Waals surface area contributed by atoms with E-state index in [0.717, 1.165) is 11.6 Å². The summed E-state index contributed by atoms with van der Waals surface area (Å²) < 4.78 is 42.8. The molecule has 3 heterocycles. The Labute approximate surface area is 199 Å². The topological polar surface area (TPSA) is 77.1 Å². The Kier molecular flexibility index (Phi) is 5.95. The van der Waals surface area contributed by atoms with E-state index in [0.29, 0.717) is 33.2 Å². The number of fused-ring (bicyclic) bond motifs is 1. The molecule has 3 aromatic heterocycles. The van der Waals surface area contributed by atoms with Crippen LogP contribution in [0.15, 0.2) is 34.8 Å². The van der Waals surface area contributed by atoms with Crippen molar-refractivity contribution in [3.8, 4) is 0 Å². The summed E-state index contributed by atoms with van der Waals surface area (Å²) in [5, 5.41) is 11.7. The highest BCUT2D eigenvalue weighted by atomic mass is 79.9. The number of carbonyl (C=O) groups excluding carboxylic acids is 1. The summed E-state index contributed by atoms with van der Waals surface area (Å²) in [4.78, 5) is 17.1. The number of nitrogens with one attached hydrogen (secondary N) is 1. The van der Waals surface area contributed by atoms with Gasteiger partial charge in [0.1, 0.15) is 5.69 Å². The van der Waals surface area contributed by atoms with E-state index in [2.05, 4.69) is 36.4 Å². The lowest BCUT2D eigenvalue weighted by Crippen LogP contribution is -2.16. The lowest BCUT2D eigenvalue weighted by molar-refractivity contribution is -0.142. The molecular formula is C21H17BrClF3N6O. The molecule has 172 valence electrons. The van der Waals surface area contributed by atoms with Gasteiger partial charge in [0.2, 0.25) is 0 Å². The Morgan fingerprint density at radius 2 is 1.91 bits per heavy atom. The molecule has 0 saturated carbocycles. The van der Waals surface area contributed by atoms with E-state index in [1.54, 1.807) is 24.6 Å². The Morgan fingerprint density at radius 3 is 2.58 bits per heavy atom. The number of aryl methyl sites for hydroxylation is 2. The Hall–Kier alpha value is -2.92. The Bertz CT molecular complexity index is 1400. The van der Waals surface area contributed by atoms with E-state index >= 15 is 0 Å². The van der Waals surface area contributed by atoms with E-state index in [4.69, 9.17) is 11.6 Å². The van der Waals surface area contributed by atoms with E-state index < -0.39 is 17.8 Å². The predicted molar refractivity (Wildman–Crippen MR) is 121 cm³/mol. The summed E-state index contributed by atoms with van der Waals surface area (Å²) in [6.45, 7) is 5.38. The zero-order valence-electron chi connectivity index (χ0n) is 17.6. The largest absolute Gasteiger partial charge is 0.433 e. The van der Waals surface area contributed by atoms with Crippen molar-refractivity contribution in [2.24, 2.45) is 0 Å². The van der Waals surface area contributed by atoms with Gasteiger partial charge in [-0.1, -0.05) is 23.7 Å². The molecule has 4 aromatic rings. The summed E-state index contributed by atoms with van der Waals surface area (Å²) in [5.74, 6) is -0.688. The zero-order chi connectivity index (χ0) is 24.1. The maximum absolute atomic E-state index is 13.5. The Morgan fingerprint density at radius 1 is 1.18 bits per heavy atom. The van der Waals surface area contributed by atoms with Gasteiger partial charge in [-0.05, 0) is 60.5 Å². The van der Waals surface area contributed by atoms with E-state index in [-0.39, 0.29) is 21.5 Å². The van der Waals surface area contributed by atoms with Gasteiger partial charge in [-0.15, -0.1) is 0 Å². The van der Waals surface area contributed by atoms with Gasteiger partial charge in [0, 0.05) is 10.7 Å². The van der Waals surface area contributed by atoms with Crippen LogP contribution in [0, 0.1) is 20.8 Å². The first kappa shape index (κ1) is 23.2. The average molecular weight is 542 g/mol. The van der Waals surface area contributed by atoms with Crippen LogP contribution < -0.4 is 5.32 Å². The molecule has 0 bridgehead atoms. The third-order valence-electron chi connectivity index (χ3n) is 5.01. The Balaban J connectivity index is 1.68. The van der Waals surface area contributed by atoms with Gasteiger partial charge in [0.05, 0.1) is 28.1 Å². The number of benzene rings is 1. The van der Waals surface area contributed by atoms with E-state index in [1.165, 1.54) is 6.92 Å². The second kappa shape index (κ2) is 8.45. The lowest BCUT2D eigenvalue weighted by Gasteiger charge is -2.09. The lowest BCUT2D eigenvalue weighted by atomic mass is 10.2. The normalized spacial score (nSPS) is 11.9. The van der Waals surface area contributed by atoms with Gasteiger partial charge in [0.25, 0.3) is 5.91 Å². The summed E-state index contributed by atoms with van der Waals surface area (Å²) in [7, 11) is 0. The maximum Gasteiger partial charge on any atom is 0.433 e. The van der Waals surface area contributed by atoms with Crippen molar-refractivity contribution >= 4 is 44.8 Å². The minimum atomic E-state index is -4.67. The van der Waals surface area contributed by atoms with Crippen LogP contribution in [0.5, 0.6) is 0 Å². The third-order valence-corrected chi connectivity index (χ3v) is 5.97. The molecule has 0 saturated heterocycles. The van der Waals surface area contributed by atoms with Crippen LogP contribution in [-0.4, -0.2) is 30.3 Å². The molecule has 0 atom stereocenters. The van der Waals surface area contributed by atoms with Crippen LogP contribution >= 0.6 is 27.5 Å². The molecule has 12 heteroatoms. The van der Waals surface area contributed by atoms with Crippen LogP contribution in [0.2, 0.25) is 5.02 Å². The molecule has 4 rings (SSSR count). The molecule has 0 aliphatic rings. The molecule has 1 aromatic carbocycles. The number of carbonyl (C=O) groups is 1. The van der Waals surface area contributed by atoms with Gasteiger partial charge in [-0.3, -0.25) is 9.48 Å². The number of hydrogen-bond acceptors (Lipinski definition) is 4. The van der Waals surface area contributed by atoms with E-state index in [9.17, 15) is 18.0 Å². The van der Waals surface area contributed by atoms with Gasteiger partial charge in [-0.2, -0.15) is 23.4 Å². The highest BCUT2D eigenvalue weighted by Gasteiger charge is 2.36. The van der Waals surface area contributed by atoms with E-state index in [1.807, 2.05) is 18.2 Å². The molecule has 33 heavy (non-hydrogen) atoms. The minimum absolute atomic E-state index is 0.0656. The molecule has 0 radical (unpaired) electrons. The fourth-order valence-electron chi connectivity index (χ4n) is 3.47. The van der Waals surface area contributed by atoms with Gasteiger partial charge in [0.15, 0.2) is 11.3 Å². The second-order valence-corrected chi connectivity index (χ2v) is 8.70. The standard InChI is InChI=1S/C21H17BrClF3N6O/c1-10-7-15(21(24,25)26)32-19(27-10)16(22)18(30-32)20(33)28-17-11(2)29-31(12(17)3)9-13-5-4-6-14(23)8-13/h4-8H,9H2,1-3H3,(H,28,33). The summed E-state index contributed by atoms with van der Waals surface area (Å²) in [5.41, 5.74) is 1.40. The van der Waals surface area contributed by atoms with Crippen molar-refractivity contribution in [3.05, 3.63) is 73.9 Å². The molecule has 0 spiro atoms. The zero-order valence-corrected chi connectivity index (χ0v) is 20.0. The number of amides is 1. The van der Waals surface area contributed by atoms with Gasteiger partial charge in [-0.25, -0.2) is 9.50 Å². The average Bonchev–Trinajstić information content (AvgIpc) is 3.18. The molecule has 1 N–H and O–H groups in total. The second-order valence-electron chi connectivity index (χ2n) is 7.47. The smallest absolute Gasteiger partial charge is 0.317 e. The highest BCUT2D eigenvalue weighted by molar-refractivity contribution is 9.10. The molecular weight excluding hydrogens is 525 g/mol. The first-order chi connectivity index (χ1) is 15.5. The first-order valence-corrected chi connectivity index (χ1v) is 10.9. The first-order valence-electron chi connectivity index (χ1n) is 9.68. The summed E-state index contributed by atoms with van der Waals surface area (Å²) >= 11 is 9.23. The predicted octanol–water partition coefficient (Wildman–Crippen LogP) is 5.59. The summed E-state index contributed by atoms with van der Waals surface area (Å²) in [6.07, 6.45) is -4.67. The van der Waals surface area contributed by atoms with Crippen molar-refractivity contribution in [2.75, 3.05) is 5.32 Å². The molecule has 0 aliphatic heterocycles. The molecule has 1 amide bonds.